The monoisotopic (exact) mass is 409 g/mol. The zero-order valence-corrected chi connectivity index (χ0v) is 18.8. The highest BCUT2D eigenvalue weighted by Crippen LogP contribution is 2.57. The summed E-state index contributed by atoms with van der Waals surface area (Å²) in [6, 6.07) is 14.5. The summed E-state index contributed by atoms with van der Waals surface area (Å²) in [5, 5.41) is 3.86. The molecule has 2 aliphatic rings. The van der Waals surface area contributed by atoms with Crippen LogP contribution in [0.3, 0.4) is 0 Å². The number of amides is 1. The van der Waals surface area contributed by atoms with Crippen molar-refractivity contribution in [2.75, 3.05) is 5.32 Å². The van der Waals surface area contributed by atoms with Crippen LogP contribution in [0.15, 0.2) is 42.5 Å². The normalized spacial score (nSPS) is 28.6. The number of rotatable bonds is 3. The summed E-state index contributed by atoms with van der Waals surface area (Å²) in [7, 11) is 0. The summed E-state index contributed by atoms with van der Waals surface area (Å²) in [5.41, 5.74) is 4.92. The number of anilines is 1. The molecule has 0 aromatic heterocycles. The molecule has 0 heterocycles. The largest absolute Gasteiger partial charge is 0.326 e. The van der Waals surface area contributed by atoms with Gasteiger partial charge in [-0.25, -0.2) is 0 Å². The van der Waals surface area contributed by atoms with Gasteiger partial charge in [0.15, 0.2) is 0 Å². The van der Waals surface area contributed by atoms with Crippen LogP contribution in [-0.4, -0.2) is 5.91 Å². The van der Waals surface area contributed by atoms with Gasteiger partial charge in [-0.3, -0.25) is 4.79 Å². The van der Waals surface area contributed by atoms with Crippen molar-refractivity contribution in [3.05, 3.63) is 64.2 Å². The lowest BCUT2D eigenvalue weighted by atomic mass is 9.49. The quantitative estimate of drug-likeness (QED) is 0.574. The molecule has 29 heavy (non-hydrogen) atoms. The first-order valence-corrected chi connectivity index (χ1v) is 11.3. The molecular weight excluding hydrogens is 378 g/mol. The molecular formula is C26H32ClNO. The Labute approximate surface area is 180 Å². The Morgan fingerprint density at radius 2 is 1.83 bits per heavy atom. The molecule has 0 saturated heterocycles. The maximum absolute atomic E-state index is 13.5. The second-order valence-corrected chi connectivity index (χ2v) is 10.2. The predicted molar refractivity (Wildman–Crippen MR) is 122 cm³/mol. The molecule has 2 nitrogen and oxygen atoms in total. The molecule has 1 N–H and O–H groups in total. The second kappa shape index (κ2) is 7.47. The average Bonchev–Trinajstić information content (AvgIpc) is 2.69. The van der Waals surface area contributed by atoms with Crippen molar-refractivity contribution >= 4 is 23.2 Å². The van der Waals surface area contributed by atoms with E-state index in [0.717, 1.165) is 37.8 Å². The third-order valence-electron chi connectivity index (χ3n) is 7.66. The highest BCUT2D eigenvalue weighted by atomic mass is 35.5. The van der Waals surface area contributed by atoms with Crippen LogP contribution >= 0.6 is 11.6 Å². The molecule has 1 fully saturated rings. The third kappa shape index (κ3) is 3.50. The Hall–Kier alpha value is -1.80. The lowest BCUT2D eigenvalue weighted by molar-refractivity contribution is -0.133. The fourth-order valence-electron chi connectivity index (χ4n) is 5.95. The first kappa shape index (κ1) is 20.5. The lowest BCUT2D eigenvalue weighted by Gasteiger charge is -2.54. The molecule has 3 atom stereocenters. The summed E-state index contributed by atoms with van der Waals surface area (Å²) < 4.78 is 0. The van der Waals surface area contributed by atoms with E-state index in [2.05, 4.69) is 51.2 Å². The van der Waals surface area contributed by atoms with Crippen LogP contribution in [-0.2, 0) is 16.6 Å². The predicted octanol–water partition coefficient (Wildman–Crippen LogP) is 7.11. The van der Waals surface area contributed by atoms with Gasteiger partial charge < -0.3 is 5.32 Å². The van der Waals surface area contributed by atoms with E-state index in [0.29, 0.717) is 16.9 Å². The standard InChI is InChI=1S/C26H32ClNO/c1-17(2)18-6-12-22-19(16-18)7-13-23-25(22,3)14-5-15-26(23,4)24(29)28-21-10-8-20(27)9-11-21/h6,8-12,16-17,23H,5,7,13-15H2,1-4H3,(H,28,29)/t23-,25-,26+/m1/s1. The molecule has 4 rings (SSSR count). The van der Waals surface area contributed by atoms with Gasteiger partial charge in [0.2, 0.25) is 5.91 Å². The first-order valence-electron chi connectivity index (χ1n) is 10.9. The van der Waals surface area contributed by atoms with E-state index >= 15 is 0 Å². The van der Waals surface area contributed by atoms with Crippen molar-refractivity contribution in [3.8, 4) is 0 Å². The third-order valence-corrected chi connectivity index (χ3v) is 7.92. The molecule has 2 aromatic rings. The smallest absolute Gasteiger partial charge is 0.230 e. The van der Waals surface area contributed by atoms with Gasteiger partial charge in [-0.15, -0.1) is 0 Å². The molecule has 1 saturated carbocycles. The van der Waals surface area contributed by atoms with E-state index in [1.807, 2.05) is 24.3 Å². The molecule has 1 amide bonds. The van der Waals surface area contributed by atoms with Gasteiger partial charge in [-0.05, 0) is 83.9 Å². The maximum Gasteiger partial charge on any atom is 0.230 e. The number of fused-ring (bicyclic) bond motifs is 3. The van der Waals surface area contributed by atoms with Crippen LogP contribution in [0, 0.1) is 11.3 Å². The van der Waals surface area contributed by atoms with Crippen LogP contribution in [0.25, 0.3) is 0 Å². The van der Waals surface area contributed by atoms with Crippen molar-refractivity contribution < 1.29 is 4.79 Å². The molecule has 0 bridgehead atoms. The summed E-state index contributed by atoms with van der Waals surface area (Å²) >= 11 is 6.00. The summed E-state index contributed by atoms with van der Waals surface area (Å²) in [6.45, 7) is 9.10. The van der Waals surface area contributed by atoms with E-state index in [1.54, 1.807) is 0 Å². The van der Waals surface area contributed by atoms with Crippen molar-refractivity contribution in [2.45, 2.75) is 71.1 Å². The SMILES string of the molecule is CC(C)c1ccc2c(c1)CC[C@H]1[C@@](C)(C(=O)Nc3ccc(Cl)cc3)CCC[C@]21C. The van der Waals surface area contributed by atoms with Gasteiger partial charge in [0.1, 0.15) is 0 Å². The van der Waals surface area contributed by atoms with Crippen molar-refractivity contribution in [1.29, 1.82) is 0 Å². The minimum absolute atomic E-state index is 0.0629. The van der Waals surface area contributed by atoms with Crippen LogP contribution in [0.1, 0.15) is 76.0 Å². The number of benzene rings is 2. The van der Waals surface area contributed by atoms with E-state index < -0.39 is 0 Å². The van der Waals surface area contributed by atoms with Gasteiger partial charge in [0, 0.05) is 10.7 Å². The molecule has 0 radical (unpaired) electrons. The lowest BCUT2D eigenvalue weighted by Crippen LogP contribution is -2.53. The Morgan fingerprint density at radius 3 is 2.52 bits per heavy atom. The second-order valence-electron chi connectivity index (χ2n) is 9.81. The molecule has 154 valence electrons. The molecule has 0 spiro atoms. The molecule has 0 unspecified atom stereocenters. The van der Waals surface area contributed by atoms with Crippen LogP contribution in [0.4, 0.5) is 5.69 Å². The zero-order valence-electron chi connectivity index (χ0n) is 18.0. The van der Waals surface area contributed by atoms with Gasteiger partial charge in [0.05, 0.1) is 5.41 Å². The summed E-state index contributed by atoms with van der Waals surface area (Å²) in [5.74, 6) is 1.05. The minimum Gasteiger partial charge on any atom is -0.326 e. The topological polar surface area (TPSA) is 29.1 Å². The van der Waals surface area contributed by atoms with E-state index in [4.69, 9.17) is 11.6 Å². The minimum atomic E-state index is -0.360. The van der Waals surface area contributed by atoms with Crippen LogP contribution in [0.5, 0.6) is 0 Å². The fraction of sp³-hybridized carbons (Fsp3) is 0.500. The summed E-state index contributed by atoms with van der Waals surface area (Å²) in [6.07, 6.45) is 5.35. The van der Waals surface area contributed by atoms with Gasteiger partial charge in [0.25, 0.3) is 0 Å². The Morgan fingerprint density at radius 1 is 1.10 bits per heavy atom. The number of carbonyl (C=O) groups is 1. The molecule has 3 heteroatoms. The summed E-state index contributed by atoms with van der Waals surface area (Å²) in [4.78, 5) is 13.5. The van der Waals surface area contributed by atoms with Crippen molar-refractivity contribution in [2.24, 2.45) is 11.3 Å². The number of aryl methyl sites for hydroxylation is 1. The van der Waals surface area contributed by atoms with Crippen molar-refractivity contribution in [1.82, 2.24) is 0 Å². The average molecular weight is 410 g/mol. The maximum atomic E-state index is 13.5. The molecule has 2 aliphatic carbocycles. The van der Waals surface area contributed by atoms with Crippen LogP contribution < -0.4 is 5.32 Å². The number of carbonyl (C=O) groups excluding carboxylic acids is 1. The number of hydrogen-bond acceptors (Lipinski definition) is 1. The van der Waals surface area contributed by atoms with Gasteiger partial charge in [-0.1, -0.05) is 63.9 Å². The molecule has 0 aliphatic heterocycles. The van der Waals surface area contributed by atoms with E-state index in [-0.39, 0.29) is 16.7 Å². The van der Waals surface area contributed by atoms with Gasteiger partial charge in [-0.2, -0.15) is 0 Å². The molecule has 2 aromatic carbocycles. The zero-order chi connectivity index (χ0) is 20.8. The highest BCUT2D eigenvalue weighted by Gasteiger charge is 2.54. The number of halogens is 1. The van der Waals surface area contributed by atoms with E-state index in [1.165, 1.54) is 16.7 Å². The van der Waals surface area contributed by atoms with E-state index in [9.17, 15) is 4.79 Å². The highest BCUT2D eigenvalue weighted by molar-refractivity contribution is 6.30. The first-order chi connectivity index (χ1) is 13.7. The fourth-order valence-corrected chi connectivity index (χ4v) is 6.08. The van der Waals surface area contributed by atoms with Crippen LogP contribution in [0.2, 0.25) is 5.02 Å². The Balaban J connectivity index is 1.65. The number of hydrogen-bond donors (Lipinski definition) is 1. The Kier molecular flexibility index (Phi) is 5.27. The van der Waals surface area contributed by atoms with Crippen molar-refractivity contribution in [3.63, 3.8) is 0 Å². The number of nitrogens with one attached hydrogen (secondary N) is 1. The van der Waals surface area contributed by atoms with Gasteiger partial charge >= 0.3 is 0 Å². The Bertz CT molecular complexity index is 919.